The molecule has 1 heterocycles. The molecule has 0 bridgehead atoms. The van der Waals surface area contributed by atoms with Crippen LogP contribution in [0.2, 0.25) is 0 Å². The summed E-state index contributed by atoms with van der Waals surface area (Å²) in [4.78, 5) is 11.9. The lowest BCUT2D eigenvalue weighted by atomic mass is 9.85. The predicted molar refractivity (Wildman–Crippen MR) is 80.5 cm³/mol. The van der Waals surface area contributed by atoms with E-state index in [2.05, 4.69) is 17.6 Å². The van der Waals surface area contributed by atoms with Crippen LogP contribution in [0.1, 0.15) is 46.0 Å². The second kappa shape index (κ2) is 10.5. The topological polar surface area (TPSA) is 61.4 Å². The van der Waals surface area contributed by atoms with Crippen molar-refractivity contribution in [2.24, 2.45) is 11.8 Å². The molecule has 0 aromatic heterocycles. The molecular weight excluding hydrogens is 264 g/mol. The molecule has 1 fully saturated rings. The average Bonchev–Trinajstić information content (AvgIpc) is 2.37. The maximum Gasteiger partial charge on any atom is 0.220 e. The van der Waals surface area contributed by atoms with Crippen LogP contribution >= 0.6 is 12.4 Å². The fraction of sp³-hybridized carbons (Fsp3) is 0.929. The first-order valence-corrected chi connectivity index (χ1v) is 7.24. The molecule has 0 aromatic carbocycles. The maximum atomic E-state index is 11.9. The number of carbonyl (C=O) groups is 1. The first kappa shape index (κ1) is 18.7. The molecule has 1 aliphatic rings. The van der Waals surface area contributed by atoms with Gasteiger partial charge in [0.1, 0.15) is 0 Å². The average molecular weight is 293 g/mol. The summed E-state index contributed by atoms with van der Waals surface area (Å²) in [6.07, 6.45) is 4.69. The Hall–Kier alpha value is -0.320. The van der Waals surface area contributed by atoms with Gasteiger partial charge in [0.2, 0.25) is 5.91 Å². The van der Waals surface area contributed by atoms with Gasteiger partial charge in [0.25, 0.3) is 0 Å². The molecule has 0 radical (unpaired) electrons. The third-order valence-electron chi connectivity index (χ3n) is 3.85. The Labute approximate surface area is 123 Å². The molecule has 0 spiro atoms. The molecule has 0 aromatic rings. The normalized spacial score (nSPS) is 22.2. The third-order valence-corrected chi connectivity index (χ3v) is 3.85. The molecule has 1 rings (SSSR count). The van der Waals surface area contributed by atoms with Crippen molar-refractivity contribution in [3.8, 4) is 0 Å². The van der Waals surface area contributed by atoms with Crippen LogP contribution in [0.15, 0.2) is 0 Å². The number of amides is 1. The third kappa shape index (κ3) is 7.75. The molecule has 114 valence electrons. The SMILES string of the molecule is CC(CCCO)NC(=O)CC(C)C1CCCNC1.Cl. The van der Waals surface area contributed by atoms with Crippen molar-refractivity contribution >= 4 is 18.3 Å². The van der Waals surface area contributed by atoms with Crippen molar-refractivity contribution < 1.29 is 9.90 Å². The summed E-state index contributed by atoms with van der Waals surface area (Å²) >= 11 is 0. The number of rotatable bonds is 7. The van der Waals surface area contributed by atoms with Crippen LogP contribution in [-0.2, 0) is 4.79 Å². The van der Waals surface area contributed by atoms with Gasteiger partial charge in [-0.2, -0.15) is 0 Å². The predicted octanol–water partition coefficient (Wildman–Crippen LogP) is 1.71. The van der Waals surface area contributed by atoms with Gasteiger partial charge in [0, 0.05) is 19.1 Å². The minimum absolute atomic E-state index is 0. The summed E-state index contributed by atoms with van der Waals surface area (Å²) in [5.74, 6) is 1.23. The minimum atomic E-state index is 0. The fourth-order valence-corrected chi connectivity index (χ4v) is 2.63. The number of carbonyl (C=O) groups excluding carboxylic acids is 1. The Kier molecular flexibility index (Phi) is 10.3. The van der Waals surface area contributed by atoms with Gasteiger partial charge in [0.15, 0.2) is 0 Å². The minimum Gasteiger partial charge on any atom is -0.396 e. The van der Waals surface area contributed by atoms with Crippen LogP contribution in [0.3, 0.4) is 0 Å². The largest absolute Gasteiger partial charge is 0.396 e. The van der Waals surface area contributed by atoms with Gasteiger partial charge < -0.3 is 15.7 Å². The Morgan fingerprint density at radius 1 is 1.47 bits per heavy atom. The van der Waals surface area contributed by atoms with Crippen LogP contribution in [0.5, 0.6) is 0 Å². The summed E-state index contributed by atoms with van der Waals surface area (Å²) in [5.41, 5.74) is 0. The van der Waals surface area contributed by atoms with Gasteiger partial charge >= 0.3 is 0 Å². The molecule has 1 amide bonds. The van der Waals surface area contributed by atoms with Crippen molar-refractivity contribution in [3.05, 3.63) is 0 Å². The van der Waals surface area contributed by atoms with Gasteiger partial charge in [-0.1, -0.05) is 6.92 Å². The van der Waals surface area contributed by atoms with E-state index in [-0.39, 0.29) is 31.0 Å². The lowest BCUT2D eigenvalue weighted by Crippen LogP contribution is -2.37. The fourth-order valence-electron chi connectivity index (χ4n) is 2.63. The molecule has 3 N–H and O–H groups in total. The number of piperidine rings is 1. The quantitative estimate of drug-likeness (QED) is 0.669. The number of hydrogen-bond acceptors (Lipinski definition) is 3. The molecule has 0 aliphatic carbocycles. The Morgan fingerprint density at radius 3 is 2.79 bits per heavy atom. The zero-order valence-electron chi connectivity index (χ0n) is 12.2. The molecule has 3 unspecified atom stereocenters. The van der Waals surface area contributed by atoms with E-state index in [1.54, 1.807) is 0 Å². The zero-order chi connectivity index (χ0) is 13.4. The van der Waals surface area contributed by atoms with Crippen LogP contribution in [0.25, 0.3) is 0 Å². The number of halogens is 1. The number of nitrogens with one attached hydrogen (secondary N) is 2. The van der Waals surface area contributed by atoms with Crippen LogP contribution in [-0.4, -0.2) is 36.8 Å². The summed E-state index contributed by atoms with van der Waals surface area (Å²) in [6.45, 7) is 6.54. The van der Waals surface area contributed by atoms with E-state index in [4.69, 9.17) is 5.11 Å². The van der Waals surface area contributed by atoms with Gasteiger partial charge in [-0.3, -0.25) is 4.79 Å². The van der Waals surface area contributed by atoms with E-state index in [0.717, 1.165) is 25.9 Å². The highest BCUT2D eigenvalue weighted by atomic mass is 35.5. The summed E-state index contributed by atoms with van der Waals surface area (Å²) in [5, 5.41) is 15.2. The first-order chi connectivity index (χ1) is 8.63. The smallest absolute Gasteiger partial charge is 0.220 e. The summed E-state index contributed by atoms with van der Waals surface area (Å²) in [7, 11) is 0. The summed E-state index contributed by atoms with van der Waals surface area (Å²) in [6, 6.07) is 0.168. The monoisotopic (exact) mass is 292 g/mol. The van der Waals surface area contributed by atoms with E-state index >= 15 is 0 Å². The first-order valence-electron chi connectivity index (χ1n) is 7.24. The number of aliphatic hydroxyl groups is 1. The van der Waals surface area contributed by atoms with Crippen molar-refractivity contribution in [1.29, 1.82) is 0 Å². The second-order valence-corrected chi connectivity index (χ2v) is 5.62. The van der Waals surface area contributed by atoms with Crippen LogP contribution in [0.4, 0.5) is 0 Å². The molecular formula is C14H29ClN2O2. The van der Waals surface area contributed by atoms with Crippen LogP contribution < -0.4 is 10.6 Å². The van der Waals surface area contributed by atoms with Gasteiger partial charge in [-0.15, -0.1) is 12.4 Å². The second-order valence-electron chi connectivity index (χ2n) is 5.62. The standard InChI is InChI=1S/C14H28N2O2.ClH/c1-11(13-6-3-7-15-10-13)9-14(18)16-12(2)5-4-8-17;/h11-13,15,17H,3-10H2,1-2H3,(H,16,18);1H. The van der Waals surface area contributed by atoms with Gasteiger partial charge in [-0.25, -0.2) is 0 Å². The highest BCUT2D eigenvalue weighted by Crippen LogP contribution is 2.22. The Balaban J connectivity index is 0.00000324. The van der Waals surface area contributed by atoms with Gasteiger partial charge in [0.05, 0.1) is 0 Å². The van der Waals surface area contributed by atoms with Crippen molar-refractivity contribution in [2.45, 2.75) is 52.0 Å². The lowest BCUT2D eigenvalue weighted by molar-refractivity contribution is -0.123. The van der Waals surface area contributed by atoms with Crippen molar-refractivity contribution in [1.82, 2.24) is 10.6 Å². The molecule has 19 heavy (non-hydrogen) atoms. The van der Waals surface area contributed by atoms with Crippen LogP contribution in [0, 0.1) is 11.8 Å². The molecule has 3 atom stereocenters. The van der Waals surface area contributed by atoms with E-state index < -0.39 is 0 Å². The highest BCUT2D eigenvalue weighted by Gasteiger charge is 2.22. The number of hydrogen-bond donors (Lipinski definition) is 3. The Morgan fingerprint density at radius 2 is 2.21 bits per heavy atom. The lowest BCUT2D eigenvalue weighted by Gasteiger charge is -2.28. The number of aliphatic hydroxyl groups excluding tert-OH is 1. The van der Waals surface area contributed by atoms with E-state index in [1.165, 1.54) is 12.8 Å². The van der Waals surface area contributed by atoms with Gasteiger partial charge in [-0.05, 0) is 57.5 Å². The molecule has 5 heteroatoms. The van der Waals surface area contributed by atoms with Crippen molar-refractivity contribution in [3.63, 3.8) is 0 Å². The molecule has 1 aliphatic heterocycles. The molecule has 4 nitrogen and oxygen atoms in total. The van der Waals surface area contributed by atoms with E-state index in [1.807, 2.05) is 6.92 Å². The maximum absolute atomic E-state index is 11.9. The summed E-state index contributed by atoms with van der Waals surface area (Å²) < 4.78 is 0. The zero-order valence-corrected chi connectivity index (χ0v) is 13.0. The molecule has 0 saturated carbocycles. The van der Waals surface area contributed by atoms with E-state index in [9.17, 15) is 4.79 Å². The molecule has 1 saturated heterocycles. The highest BCUT2D eigenvalue weighted by molar-refractivity contribution is 5.85. The van der Waals surface area contributed by atoms with Crippen molar-refractivity contribution in [2.75, 3.05) is 19.7 Å². The van der Waals surface area contributed by atoms with E-state index in [0.29, 0.717) is 18.3 Å². The Bertz CT molecular complexity index is 246.